The molecule has 0 saturated heterocycles. The number of hydrogen-bond acceptors (Lipinski definition) is 3. The van der Waals surface area contributed by atoms with E-state index in [0.717, 1.165) is 33.5 Å². The second kappa shape index (κ2) is 6.40. The molecule has 0 fully saturated rings. The molecule has 0 aliphatic heterocycles. The van der Waals surface area contributed by atoms with Gasteiger partial charge in [0.25, 0.3) is 0 Å². The largest absolute Gasteiger partial charge is 0.380 e. The number of aromatic nitrogens is 3. The van der Waals surface area contributed by atoms with Gasteiger partial charge in [0.05, 0.1) is 11.2 Å². The van der Waals surface area contributed by atoms with Crippen LogP contribution >= 0.6 is 0 Å². The number of nitrogens with zero attached hydrogens (tertiary/aromatic N) is 3. The molecule has 0 aliphatic rings. The molecule has 0 amide bonds. The van der Waals surface area contributed by atoms with Crippen LogP contribution in [0.5, 0.6) is 0 Å². The molecule has 0 atom stereocenters. The van der Waals surface area contributed by atoms with Gasteiger partial charge in [0.15, 0.2) is 0 Å². The average molecular weight is 328 g/mol. The van der Waals surface area contributed by atoms with Crippen molar-refractivity contribution in [2.75, 3.05) is 5.32 Å². The van der Waals surface area contributed by atoms with Crippen LogP contribution in [0.4, 0.5) is 5.69 Å². The van der Waals surface area contributed by atoms with Gasteiger partial charge < -0.3 is 5.32 Å². The molecule has 4 rings (SSSR count). The third kappa shape index (κ3) is 3.11. The maximum atomic E-state index is 4.64. The van der Waals surface area contributed by atoms with E-state index in [4.69, 9.17) is 0 Å². The van der Waals surface area contributed by atoms with Gasteiger partial charge in [-0.1, -0.05) is 48.5 Å². The van der Waals surface area contributed by atoms with Gasteiger partial charge in [-0.2, -0.15) is 5.10 Å². The van der Waals surface area contributed by atoms with Gasteiger partial charge in [-0.15, -0.1) is 0 Å². The van der Waals surface area contributed by atoms with Gasteiger partial charge in [-0.3, -0.25) is 9.67 Å². The Morgan fingerprint density at radius 1 is 1.00 bits per heavy atom. The fourth-order valence-electron chi connectivity index (χ4n) is 3.15. The molecular weight excluding hydrogens is 308 g/mol. The predicted molar refractivity (Wildman–Crippen MR) is 102 cm³/mol. The highest BCUT2D eigenvalue weighted by Crippen LogP contribution is 2.26. The molecule has 4 aromatic rings. The van der Waals surface area contributed by atoms with E-state index in [1.165, 1.54) is 5.56 Å². The lowest BCUT2D eigenvalue weighted by Gasteiger charge is -2.11. The molecule has 1 N–H and O–H groups in total. The summed E-state index contributed by atoms with van der Waals surface area (Å²) in [6.07, 6.45) is 2.07. The zero-order valence-electron chi connectivity index (χ0n) is 14.4. The minimum Gasteiger partial charge on any atom is -0.380 e. The van der Waals surface area contributed by atoms with E-state index < -0.39 is 0 Å². The van der Waals surface area contributed by atoms with E-state index in [9.17, 15) is 0 Å². The highest BCUT2D eigenvalue weighted by atomic mass is 15.3. The number of aryl methyl sites for hydroxylation is 2. The number of benzene rings is 2. The molecule has 0 unspecified atom stereocenters. The van der Waals surface area contributed by atoms with Crippen molar-refractivity contribution in [3.8, 4) is 11.3 Å². The first-order valence-electron chi connectivity index (χ1n) is 8.39. The maximum Gasteiger partial charge on any atom is 0.0972 e. The van der Waals surface area contributed by atoms with Crippen LogP contribution in [0.25, 0.3) is 22.2 Å². The molecule has 4 heteroatoms. The third-order valence-corrected chi connectivity index (χ3v) is 4.27. The number of hydrogen-bond donors (Lipinski definition) is 1. The lowest BCUT2D eigenvalue weighted by molar-refractivity contribution is 0.770. The summed E-state index contributed by atoms with van der Waals surface area (Å²) in [5.41, 5.74) is 6.45. The van der Waals surface area contributed by atoms with Crippen molar-refractivity contribution >= 4 is 16.6 Å². The predicted octanol–water partition coefficient (Wildman–Crippen LogP) is 4.56. The van der Waals surface area contributed by atoms with Crippen molar-refractivity contribution in [3.63, 3.8) is 0 Å². The highest BCUT2D eigenvalue weighted by Gasteiger charge is 2.11. The fourth-order valence-corrected chi connectivity index (χ4v) is 3.15. The summed E-state index contributed by atoms with van der Waals surface area (Å²) in [6.45, 7) is 2.74. The Hall–Kier alpha value is -3.14. The SMILES string of the molecule is Cc1cc(NCc2cn(C)nc2-c2ccccc2)c2ccccc2n1. The van der Waals surface area contributed by atoms with Crippen LogP contribution in [-0.2, 0) is 13.6 Å². The summed E-state index contributed by atoms with van der Waals surface area (Å²) in [4.78, 5) is 4.60. The van der Waals surface area contributed by atoms with Crippen molar-refractivity contribution in [3.05, 3.63) is 78.1 Å². The topological polar surface area (TPSA) is 42.7 Å². The summed E-state index contributed by atoms with van der Waals surface area (Å²) in [5.74, 6) is 0. The molecule has 2 aromatic carbocycles. The van der Waals surface area contributed by atoms with Gasteiger partial charge in [-0.05, 0) is 19.1 Å². The minimum absolute atomic E-state index is 0.714. The lowest BCUT2D eigenvalue weighted by Crippen LogP contribution is -2.02. The van der Waals surface area contributed by atoms with E-state index in [1.54, 1.807) is 0 Å². The van der Waals surface area contributed by atoms with E-state index >= 15 is 0 Å². The van der Waals surface area contributed by atoms with Crippen LogP contribution < -0.4 is 5.32 Å². The first-order valence-corrected chi connectivity index (χ1v) is 8.39. The van der Waals surface area contributed by atoms with Gasteiger partial charge in [0, 0.05) is 47.7 Å². The molecule has 4 nitrogen and oxygen atoms in total. The van der Waals surface area contributed by atoms with Crippen LogP contribution in [0.15, 0.2) is 66.9 Å². The quantitative estimate of drug-likeness (QED) is 0.597. The van der Waals surface area contributed by atoms with Crippen LogP contribution in [-0.4, -0.2) is 14.8 Å². The molecular formula is C21H20N4. The lowest BCUT2D eigenvalue weighted by atomic mass is 10.1. The number of fused-ring (bicyclic) bond motifs is 1. The maximum absolute atomic E-state index is 4.64. The highest BCUT2D eigenvalue weighted by molar-refractivity contribution is 5.91. The van der Waals surface area contributed by atoms with Gasteiger partial charge in [0.2, 0.25) is 0 Å². The Bertz CT molecular complexity index is 1020. The second-order valence-corrected chi connectivity index (χ2v) is 6.22. The summed E-state index contributed by atoms with van der Waals surface area (Å²) in [5, 5.41) is 9.35. The zero-order valence-corrected chi connectivity index (χ0v) is 14.4. The van der Waals surface area contributed by atoms with Crippen LogP contribution in [0, 0.1) is 6.92 Å². The second-order valence-electron chi connectivity index (χ2n) is 6.22. The van der Waals surface area contributed by atoms with Crippen LogP contribution in [0.1, 0.15) is 11.3 Å². The number of pyridine rings is 1. The van der Waals surface area contributed by atoms with Gasteiger partial charge in [-0.25, -0.2) is 0 Å². The number of rotatable bonds is 4. The molecule has 25 heavy (non-hydrogen) atoms. The normalized spacial score (nSPS) is 11.0. The average Bonchev–Trinajstić information content (AvgIpc) is 3.01. The van der Waals surface area contributed by atoms with Gasteiger partial charge >= 0.3 is 0 Å². The Labute approximate surface area is 147 Å². The Balaban J connectivity index is 1.67. The monoisotopic (exact) mass is 328 g/mol. The van der Waals surface area contributed by atoms with Crippen LogP contribution in [0.2, 0.25) is 0 Å². The molecule has 0 bridgehead atoms. The van der Waals surface area contributed by atoms with Crippen molar-refractivity contribution < 1.29 is 0 Å². The molecule has 2 heterocycles. The summed E-state index contributed by atoms with van der Waals surface area (Å²) < 4.78 is 1.87. The summed E-state index contributed by atoms with van der Waals surface area (Å²) >= 11 is 0. The smallest absolute Gasteiger partial charge is 0.0972 e. The molecule has 0 spiro atoms. The molecule has 2 aromatic heterocycles. The first-order chi connectivity index (χ1) is 12.2. The number of para-hydroxylation sites is 1. The molecule has 0 saturated carbocycles. The van der Waals surface area contributed by atoms with E-state index in [1.807, 2.05) is 55.1 Å². The van der Waals surface area contributed by atoms with Gasteiger partial charge in [0.1, 0.15) is 0 Å². The van der Waals surface area contributed by atoms with Crippen molar-refractivity contribution in [2.24, 2.45) is 7.05 Å². The number of anilines is 1. The molecule has 124 valence electrons. The fraction of sp³-hybridized carbons (Fsp3) is 0.143. The van der Waals surface area contributed by atoms with Crippen molar-refractivity contribution in [1.82, 2.24) is 14.8 Å². The third-order valence-electron chi connectivity index (χ3n) is 4.27. The Morgan fingerprint density at radius 3 is 2.60 bits per heavy atom. The zero-order chi connectivity index (χ0) is 17.2. The molecule has 0 aliphatic carbocycles. The molecule has 0 radical (unpaired) electrons. The first kappa shape index (κ1) is 15.4. The minimum atomic E-state index is 0.714. The van der Waals surface area contributed by atoms with Crippen molar-refractivity contribution in [2.45, 2.75) is 13.5 Å². The Morgan fingerprint density at radius 2 is 1.76 bits per heavy atom. The standard InChI is InChI=1S/C21H20N4/c1-15-12-20(18-10-6-7-11-19(18)23-15)22-13-17-14-25(2)24-21(17)16-8-4-3-5-9-16/h3-12,14H,13H2,1-2H3,(H,22,23). The number of nitrogens with one attached hydrogen (secondary N) is 1. The van der Waals surface area contributed by atoms with E-state index in [2.05, 4.69) is 45.9 Å². The Kier molecular flexibility index (Phi) is 3.94. The van der Waals surface area contributed by atoms with E-state index in [0.29, 0.717) is 6.54 Å². The van der Waals surface area contributed by atoms with E-state index in [-0.39, 0.29) is 0 Å². The van der Waals surface area contributed by atoms with Crippen LogP contribution in [0.3, 0.4) is 0 Å². The summed E-state index contributed by atoms with van der Waals surface area (Å²) in [6, 6.07) is 20.6. The summed E-state index contributed by atoms with van der Waals surface area (Å²) in [7, 11) is 1.96. The van der Waals surface area contributed by atoms with Crippen molar-refractivity contribution in [1.29, 1.82) is 0 Å².